The van der Waals surface area contributed by atoms with Crippen LogP contribution in [0.3, 0.4) is 0 Å². The molecule has 0 atom stereocenters. The Kier molecular flexibility index (Phi) is 5.25. The molecule has 126 valence electrons. The summed E-state index contributed by atoms with van der Waals surface area (Å²) in [5.74, 6) is -1.49. The normalized spacial score (nSPS) is 10.3. The number of nitrogens with one attached hydrogen (secondary N) is 2. The predicted molar refractivity (Wildman–Crippen MR) is 91.4 cm³/mol. The highest BCUT2D eigenvalue weighted by Gasteiger charge is 2.17. The van der Waals surface area contributed by atoms with Crippen molar-refractivity contribution in [2.75, 3.05) is 17.3 Å². The molecule has 1 aromatic heterocycles. The molecule has 0 radical (unpaired) electrons. The molecule has 0 bridgehead atoms. The lowest BCUT2D eigenvalue weighted by Gasteiger charge is -2.14. The number of nitrogens with zero attached hydrogens (tertiary/aromatic N) is 1. The fourth-order valence-corrected chi connectivity index (χ4v) is 2.32. The van der Waals surface area contributed by atoms with Crippen molar-refractivity contribution in [1.29, 1.82) is 0 Å². The first kappa shape index (κ1) is 17.6. The molecule has 24 heavy (non-hydrogen) atoms. The molecule has 0 unspecified atom stereocenters. The van der Waals surface area contributed by atoms with Gasteiger partial charge in [0.25, 0.3) is 11.5 Å². The maximum atomic E-state index is 12.2. The van der Waals surface area contributed by atoms with E-state index < -0.39 is 23.0 Å². The van der Waals surface area contributed by atoms with E-state index in [0.717, 1.165) is 4.68 Å². The van der Waals surface area contributed by atoms with Crippen LogP contribution in [0.2, 0.25) is 5.02 Å². The molecule has 0 aliphatic rings. The van der Waals surface area contributed by atoms with E-state index in [1.54, 1.807) is 24.3 Å². The van der Waals surface area contributed by atoms with Gasteiger partial charge in [-0.05, 0) is 32.0 Å². The number of aromatic nitrogens is 1. The Morgan fingerprint density at radius 2 is 2.00 bits per heavy atom. The third kappa shape index (κ3) is 3.94. The number of rotatable bonds is 5. The van der Waals surface area contributed by atoms with Crippen molar-refractivity contribution in [2.45, 2.75) is 13.8 Å². The standard InChI is InChI=1S/C16H16ClN3O4/c1-9-6-13(22)15(10(2)21)16(24)20(9)19-14(23)8-18-12-5-3-4-11(17)7-12/h3-7,18,22H,8H2,1-2H3,(H,19,23). The van der Waals surface area contributed by atoms with E-state index >= 15 is 0 Å². The van der Waals surface area contributed by atoms with Crippen LogP contribution in [0.25, 0.3) is 0 Å². The third-order valence-electron chi connectivity index (χ3n) is 3.24. The van der Waals surface area contributed by atoms with Crippen molar-refractivity contribution in [3.8, 4) is 5.75 Å². The zero-order valence-corrected chi connectivity index (χ0v) is 13.8. The highest BCUT2D eigenvalue weighted by Crippen LogP contribution is 2.15. The zero-order chi connectivity index (χ0) is 17.9. The second-order valence-corrected chi connectivity index (χ2v) is 5.58. The second kappa shape index (κ2) is 7.18. The van der Waals surface area contributed by atoms with Gasteiger partial charge in [-0.25, -0.2) is 4.68 Å². The maximum Gasteiger partial charge on any atom is 0.284 e. The number of pyridine rings is 1. The molecule has 0 spiro atoms. The number of aryl methyl sites for hydroxylation is 1. The van der Waals surface area contributed by atoms with E-state index in [1.165, 1.54) is 19.9 Å². The number of anilines is 1. The van der Waals surface area contributed by atoms with Crippen molar-refractivity contribution < 1.29 is 14.7 Å². The fourth-order valence-electron chi connectivity index (χ4n) is 2.13. The molecule has 1 aromatic carbocycles. The van der Waals surface area contributed by atoms with Crippen LogP contribution < -0.4 is 16.3 Å². The minimum atomic E-state index is -0.781. The van der Waals surface area contributed by atoms with Crippen LogP contribution >= 0.6 is 11.6 Å². The summed E-state index contributed by atoms with van der Waals surface area (Å²) in [5, 5.41) is 13.1. The molecule has 1 amide bonds. The number of amides is 1. The first-order valence-electron chi connectivity index (χ1n) is 7.05. The lowest BCUT2D eigenvalue weighted by atomic mass is 10.1. The average molecular weight is 350 g/mol. The molecule has 2 aromatic rings. The van der Waals surface area contributed by atoms with Crippen molar-refractivity contribution in [3.63, 3.8) is 0 Å². The predicted octanol–water partition coefficient (Wildman–Crippen LogP) is 1.90. The zero-order valence-electron chi connectivity index (χ0n) is 13.1. The summed E-state index contributed by atoms with van der Waals surface area (Å²) in [4.78, 5) is 35.7. The number of ketones is 1. The quantitative estimate of drug-likeness (QED) is 0.716. The van der Waals surface area contributed by atoms with Gasteiger partial charge in [-0.2, -0.15) is 0 Å². The number of benzene rings is 1. The van der Waals surface area contributed by atoms with Gasteiger partial charge in [0.15, 0.2) is 5.78 Å². The summed E-state index contributed by atoms with van der Waals surface area (Å²) in [5.41, 5.74) is 2.18. The SMILES string of the molecule is CC(=O)c1c(O)cc(C)n(NC(=O)CNc2cccc(Cl)c2)c1=O. The smallest absolute Gasteiger partial charge is 0.284 e. The van der Waals surface area contributed by atoms with Gasteiger partial charge in [0.1, 0.15) is 11.3 Å². The van der Waals surface area contributed by atoms with Crippen LogP contribution in [0.5, 0.6) is 5.75 Å². The summed E-state index contributed by atoms with van der Waals surface area (Å²) in [6.45, 7) is 2.58. The number of hydrogen-bond donors (Lipinski definition) is 3. The molecule has 2 rings (SSSR count). The summed E-state index contributed by atoms with van der Waals surface area (Å²) in [7, 11) is 0. The molecule has 0 fully saturated rings. The van der Waals surface area contributed by atoms with Crippen molar-refractivity contribution in [1.82, 2.24) is 4.68 Å². The number of hydrogen-bond acceptors (Lipinski definition) is 5. The van der Waals surface area contributed by atoms with Crippen LogP contribution in [0.15, 0.2) is 35.1 Å². The summed E-state index contributed by atoms with van der Waals surface area (Å²) < 4.78 is 0.929. The molecule has 8 heteroatoms. The Labute approximate surface area is 142 Å². The van der Waals surface area contributed by atoms with Crippen molar-refractivity contribution in [2.24, 2.45) is 0 Å². The molecule has 0 saturated heterocycles. The summed E-state index contributed by atoms with van der Waals surface area (Å²) in [6.07, 6.45) is 0. The van der Waals surface area contributed by atoms with Gasteiger partial charge in [0, 0.05) is 22.5 Å². The van der Waals surface area contributed by atoms with Crippen LogP contribution in [0.4, 0.5) is 5.69 Å². The molecule has 7 nitrogen and oxygen atoms in total. The summed E-state index contributed by atoms with van der Waals surface area (Å²) >= 11 is 5.85. The molecule has 3 N–H and O–H groups in total. The number of Topliss-reactive ketones (excluding diaryl/α,β-unsaturated/α-hetero) is 1. The molecular weight excluding hydrogens is 334 g/mol. The summed E-state index contributed by atoms with van der Waals surface area (Å²) in [6, 6.07) is 8.07. The van der Waals surface area contributed by atoms with Crippen LogP contribution in [0.1, 0.15) is 23.0 Å². The first-order valence-corrected chi connectivity index (χ1v) is 7.43. The van der Waals surface area contributed by atoms with E-state index in [0.29, 0.717) is 16.4 Å². The Hall–Kier alpha value is -2.80. The van der Waals surface area contributed by atoms with Gasteiger partial charge in [-0.15, -0.1) is 0 Å². The lowest BCUT2D eigenvalue weighted by Crippen LogP contribution is -2.39. The largest absolute Gasteiger partial charge is 0.507 e. The Bertz CT molecular complexity index is 861. The molecular formula is C16H16ClN3O4. The number of aromatic hydroxyl groups is 1. The van der Waals surface area contributed by atoms with E-state index in [-0.39, 0.29) is 12.1 Å². The van der Waals surface area contributed by atoms with Crippen LogP contribution in [-0.2, 0) is 4.79 Å². The van der Waals surface area contributed by atoms with E-state index in [2.05, 4.69) is 10.7 Å². The maximum absolute atomic E-state index is 12.2. The van der Waals surface area contributed by atoms with Gasteiger partial charge >= 0.3 is 0 Å². The third-order valence-corrected chi connectivity index (χ3v) is 3.47. The van der Waals surface area contributed by atoms with Gasteiger partial charge in [0.05, 0.1) is 6.54 Å². The average Bonchev–Trinajstić information content (AvgIpc) is 2.49. The van der Waals surface area contributed by atoms with Gasteiger partial charge in [-0.3, -0.25) is 19.8 Å². The lowest BCUT2D eigenvalue weighted by molar-refractivity contribution is -0.115. The Morgan fingerprint density at radius 3 is 2.62 bits per heavy atom. The van der Waals surface area contributed by atoms with E-state index in [9.17, 15) is 19.5 Å². The van der Waals surface area contributed by atoms with E-state index in [1.807, 2.05) is 0 Å². The number of carbonyl (C=O) groups is 2. The van der Waals surface area contributed by atoms with Gasteiger partial charge in [-0.1, -0.05) is 17.7 Å². The van der Waals surface area contributed by atoms with Crippen LogP contribution in [-0.4, -0.2) is 28.0 Å². The van der Waals surface area contributed by atoms with Crippen molar-refractivity contribution >= 4 is 29.0 Å². The first-order chi connectivity index (χ1) is 11.3. The Morgan fingerprint density at radius 1 is 1.29 bits per heavy atom. The molecule has 0 aliphatic carbocycles. The topological polar surface area (TPSA) is 100 Å². The minimum absolute atomic E-state index is 0.109. The van der Waals surface area contributed by atoms with Gasteiger partial charge in [0.2, 0.25) is 0 Å². The molecule has 0 aliphatic heterocycles. The molecule has 0 saturated carbocycles. The Balaban J connectivity index is 2.16. The molecule has 1 heterocycles. The number of carbonyl (C=O) groups excluding carboxylic acids is 2. The fraction of sp³-hybridized carbons (Fsp3) is 0.188. The number of halogens is 1. The van der Waals surface area contributed by atoms with Crippen LogP contribution in [0, 0.1) is 6.92 Å². The highest BCUT2D eigenvalue weighted by molar-refractivity contribution is 6.30. The van der Waals surface area contributed by atoms with Crippen molar-refractivity contribution in [3.05, 3.63) is 57.0 Å². The monoisotopic (exact) mass is 349 g/mol. The minimum Gasteiger partial charge on any atom is -0.507 e. The van der Waals surface area contributed by atoms with Gasteiger partial charge < -0.3 is 10.4 Å². The second-order valence-electron chi connectivity index (χ2n) is 5.14. The highest BCUT2D eigenvalue weighted by atomic mass is 35.5. The van der Waals surface area contributed by atoms with E-state index in [4.69, 9.17) is 11.6 Å².